The molecule has 2 N–H and O–H groups in total. The number of hydrogen-bond donors (Lipinski definition) is 1. The first-order valence-corrected chi connectivity index (χ1v) is 6.81. The molecule has 0 aliphatic heterocycles. The molecule has 0 saturated heterocycles. The summed E-state index contributed by atoms with van der Waals surface area (Å²) in [6.07, 6.45) is 3.64. The summed E-state index contributed by atoms with van der Waals surface area (Å²) in [6.45, 7) is 0.549. The van der Waals surface area contributed by atoms with Gasteiger partial charge in [0.1, 0.15) is 11.6 Å². The Kier molecular flexibility index (Phi) is 3.79. The molecule has 1 unspecified atom stereocenters. The lowest BCUT2D eigenvalue weighted by Gasteiger charge is -2.15. The molecule has 106 valence electrons. The van der Waals surface area contributed by atoms with Crippen molar-refractivity contribution in [2.24, 2.45) is 5.73 Å². The summed E-state index contributed by atoms with van der Waals surface area (Å²) in [7, 11) is 0. The summed E-state index contributed by atoms with van der Waals surface area (Å²) < 4.78 is 15.3. The predicted octanol–water partition coefficient (Wildman–Crippen LogP) is 3.39. The van der Waals surface area contributed by atoms with Gasteiger partial charge in [0, 0.05) is 30.5 Å². The highest BCUT2D eigenvalue weighted by atomic mass is 19.1. The summed E-state index contributed by atoms with van der Waals surface area (Å²) in [5.74, 6) is 0.597. The average molecular weight is 281 g/mol. The Hall–Kier alpha value is -2.46. The van der Waals surface area contributed by atoms with Crippen LogP contribution in [0.2, 0.25) is 0 Å². The van der Waals surface area contributed by atoms with Gasteiger partial charge in [-0.2, -0.15) is 0 Å². The third-order valence-electron chi connectivity index (χ3n) is 3.42. The fraction of sp³-hybridized carbons (Fsp3) is 0.118. The number of nitrogens with zero attached hydrogens (tertiary/aromatic N) is 2. The lowest BCUT2D eigenvalue weighted by molar-refractivity contribution is 0.571. The number of nitrogens with two attached hydrogens (primary N) is 1. The van der Waals surface area contributed by atoms with Crippen molar-refractivity contribution >= 4 is 0 Å². The van der Waals surface area contributed by atoms with E-state index in [-0.39, 0.29) is 11.9 Å². The Morgan fingerprint density at radius 1 is 1.10 bits per heavy atom. The molecule has 0 aliphatic rings. The van der Waals surface area contributed by atoms with Gasteiger partial charge in [-0.1, -0.05) is 42.5 Å². The number of halogens is 1. The maximum atomic E-state index is 13.3. The van der Waals surface area contributed by atoms with E-state index in [4.69, 9.17) is 5.73 Å². The maximum Gasteiger partial charge on any atom is 0.139 e. The predicted molar refractivity (Wildman–Crippen MR) is 81.0 cm³/mol. The van der Waals surface area contributed by atoms with Gasteiger partial charge in [0.2, 0.25) is 0 Å². The molecule has 0 fully saturated rings. The SMILES string of the molecule is NC(Cn1ccnc1-c1ccccc1)c1cccc(F)c1. The molecule has 1 heterocycles. The average Bonchev–Trinajstić information content (AvgIpc) is 2.96. The van der Waals surface area contributed by atoms with Crippen LogP contribution in [0.4, 0.5) is 4.39 Å². The second kappa shape index (κ2) is 5.89. The standard InChI is InChI=1S/C17H16FN3/c18-15-8-4-7-14(11-15)16(19)12-21-10-9-20-17(21)13-5-2-1-3-6-13/h1-11,16H,12,19H2. The van der Waals surface area contributed by atoms with E-state index < -0.39 is 0 Å². The Morgan fingerprint density at radius 3 is 2.67 bits per heavy atom. The van der Waals surface area contributed by atoms with Crippen LogP contribution < -0.4 is 5.73 Å². The first-order chi connectivity index (χ1) is 10.2. The second-order valence-electron chi connectivity index (χ2n) is 4.93. The van der Waals surface area contributed by atoms with E-state index >= 15 is 0 Å². The van der Waals surface area contributed by atoms with Crippen LogP contribution in [-0.2, 0) is 6.54 Å². The fourth-order valence-electron chi connectivity index (χ4n) is 2.36. The lowest BCUT2D eigenvalue weighted by Crippen LogP contribution is -2.18. The molecule has 0 spiro atoms. The first-order valence-electron chi connectivity index (χ1n) is 6.81. The second-order valence-corrected chi connectivity index (χ2v) is 4.93. The molecule has 1 aromatic heterocycles. The lowest BCUT2D eigenvalue weighted by atomic mass is 10.1. The minimum absolute atomic E-state index is 0.267. The molecular formula is C17H16FN3. The smallest absolute Gasteiger partial charge is 0.139 e. The number of imidazole rings is 1. The molecule has 0 bridgehead atoms. The molecule has 0 saturated carbocycles. The molecule has 3 nitrogen and oxygen atoms in total. The summed E-state index contributed by atoms with van der Waals surface area (Å²) >= 11 is 0. The fourth-order valence-corrected chi connectivity index (χ4v) is 2.36. The zero-order valence-corrected chi connectivity index (χ0v) is 11.5. The zero-order chi connectivity index (χ0) is 14.7. The number of rotatable bonds is 4. The molecule has 1 atom stereocenters. The minimum Gasteiger partial charge on any atom is -0.329 e. The van der Waals surface area contributed by atoms with E-state index in [0.717, 1.165) is 17.0 Å². The highest BCUT2D eigenvalue weighted by Crippen LogP contribution is 2.20. The minimum atomic E-state index is -0.280. The van der Waals surface area contributed by atoms with Gasteiger partial charge in [-0.15, -0.1) is 0 Å². The van der Waals surface area contributed by atoms with Crippen molar-refractivity contribution in [3.63, 3.8) is 0 Å². The third kappa shape index (κ3) is 3.01. The van der Waals surface area contributed by atoms with Gasteiger partial charge in [0.25, 0.3) is 0 Å². The van der Waals surface area contributed by atoms with Crippen LogP contribution in [-0.4, -0.2) is 9.55 Å². The Morgan fingerprint density at radius 2 is 1.90 bits per heavy atom. The monoisotopic (exact) mass is 281 g/mol. The highest BCUT2D eigenvalue weighted by molar-refractivity contribution is 5.55. The van der Waals surface area contributed by atoms with E-state index in [1.807, 2.05) is 47.2 Å². The van der Waals surface area contributed by atoms with Crippen molar-refractivity contribution in [1.29, 1.82) is 0 Å². The van der Waals surface area contributed by atoms with Gasteiger partial charge < -0.3 is 10.3 Å². The Balaban J connectivity index is 1.85. The molecule has 2 aromatic carbocycles. The molecule has 3 rings (SSSR count). The highest BCUT2D eigenvalue weighted by Gasteiger charge is 2.11. The quantitative estimate of drug-likeness (QED) is 0.796. The Bertz CT molecular complexity index is 722. The molecule has 3 aromatic rings. The van der Waals surface area contributed by atoms with E-state index in [0.29, 0.717) is 6.54 Å². The molecule has 4 heteroatoms. The molecule has 21 heavy (non-hydrogen) atoms. The van der Waals surface area contributed by atoms with Gasteiger partial charge in [0.15, 0.2) is 0 Å². The van der Waals surface area contributed by atoms with Crippen molar-refractivity contribution in [3.05, 3.63) is 78.4 Å². The summed E-state index contributed by atoms with van der Waals surface area (Å²) in [4.78, 5) is 4.38. The van der Waals surface area contributed by atoms with Gasteiger partial charge in [-0.3, -0.25) is 0 Å². The maximum absolute atomic E-state index is 13.3. The topological polar surface area (TPSA) is 43.8 Å². The van der Waals surface area contributed by atoms with Crippen LogP contribution in [0.25, 0.3) is 11.4 Å². The Labute approximate surface area is 122 Å². The van der Waals surface area contributed by atoms with E-state index in [9.17, 15) is 4.39 Å². The largest absolute Gasteiger partial charge is 0.329 e. The first kappa shape index (κ1) is 13.5. The van der Waals surface area contributed by atoms with E-state index in [2.05, 4.69) is 4.98 Å². The zero-order valence-electron chi connectivity index (χ0n) is 11.5. The molecular weight excluding hydrogens is 265 g/mol. The molecule has 0 amide bonds. The van der Waals surface area contributed by atoms with Gasteiger partial charge >= 0.3 is 0 Å². The van der Waals surface area contributed by atoms with Crippen LogP contribution in [0, 0.1) is 5.82 Å². The summed E-state index contributed by atoms with van der Waals surface area (Å²) in [5, 5.41) is 0. The number of benzene rings is 2. The van der Waals surface area contributed by atoms with Crippen molar-refractivity contribution in [2.75, 3.05) is 0 Å². The number of hydrogen-bond acceptors (Lipinski definition) is 2. The molecule has 0 radical (unpaired) electrons. The van der Waals surface area contributed by atoms with Crippen molar-refractivity contribution < 1.29 is 4.39 Å². The van der Waals surface area contributed by atoms with Crippen LogP contribution in [0.3, 0.4) is 0 Å². The van der Waals surface area contributed by atoms with Crippen LogP contribution >= 0.6 is 0 Å². The van der Waals surface area contributed by atoms with Gasteiger partial charge in [-0.25, -0.2) is 9.37 Å². The van der Waals surface area contributed by atoms with Crippen molar-refractivity contribution in [3.8, 4) is 11.4 Å². The van der Waals surface area contributed by atoms with Crippen LogP contribution in [0.15, 0.2) is 67.0 Å². The van der Waals surface area contributed by atoms with Gasteiger partial charge in [-0.05, 0) is 17.7 Å². The van der Waals surface area contributed by atoms with Crippen molar-refractivity contribution in [2.45, 2.75) is 12.6 Å². The van der Waals surface area contributed by atoms with Gasteiger partial charge in [0.05, 0.1) is 0 Å². The summed E-state index contributed by atoms with van der Waals surface area (Å²) in [6, 6.07) is 16.1. The molecule has 0 aliphatic carbocycles. The normalized spacial score (nSPS) is 12.3. The summed E-state index contributed by atoms with van der Waals surface area (Å²) in [5.41, 5.74) is 8.00. The van der Waals surface area contributed by atoms with Crippen LogP contribution in [0.1, 0.15) is 11.6 Å². The van der Waals surface area contributed by atoms with Crippen LogP contribution in [0.5, 0.6) is 0 Å². The van der Waals surface area contributed by atoms with Crippen molar-refractivity contribution in [1.82, 2.24) is 9.55 Å². The van der Waals surface area contributed by atoms with E-state index in [1.54, 1.807) is 12.3 Å². The third-order valence-corrected chi connectivity index (χ3v) is 3.42. The number of aromatic nitrogens is 2. The van der Waals surface area contributed by atoms with E-state index in [1.165, 1.54) is 12.1 Å².